The summed E-state index contributed by atoms with van der Waals surface area (Å²) < 4.78 is 10.9. The minimum atomic E-state index is 0.0287. The molecule has 0 bridgehead atoms. The van der Waals surface area contributed by atoms with Gasteiger partial charge in [-0.2, -0.15) is 5.10 Å². The molecule has 0 aromatic carbocycles. The molecule has 1 aliphatic carbocycles. The van der Waals surface area contributed by atoms with Gasteiger partial charge in [-0.1, -0.05) is 5.16 Å². The second-order valence-corrected chi connectivity index (χ2v) is 7.44. The summed E-state index contributed by atoms with van der Waals surface area (Å²) in [6, 6.07) is 1.97. The van der Waals surface area contributed by atoms with Crippen molar-refractivity contribution in [3.05, 3.63) is 34.5 Å². The van der Waals surface area contributed by atoms with Gasteiger partial charge in [0.25, 0.3) is 0 Å². The zero-order valence-corrected chi connectivity index (χ0v) is 15.2. The largest absolute Gasteiger partial charge is 0.379 e. The number of fused-ring (bicyclic) bond motifs is 1. The average Bonchev–Trinajstić information content (AvgIpc) is 3.35. The third-order valence-electron chi connectivity index (χ3n) is 5.42. The quantitative estimate of drug-likeness (QED) is 0.823. The minimum Gasteiger partial charge on any atom is -0.379 e. The Morgan fingerprint density at radius 1 is 1.35 bits per heavy atom. The van der Waals surface area contributed by atoms with Crippen molar-refractivity contribution in [2.24, 2.45) is 5.92 Å². The zero-order chi connectivity index (χ0) is 17.9. The van der Waals surface area contributed by atoms with Crippen LogP contribution >= 0.6 is 0 Å². The number of aromatic amines is 1. The first-order chi connectivity index (χ1) is 12.7. The monoisotopic (exact) mass is 358 g/mol. The first kappa shape index (κ1) is 17.3. The molecule has 140 valence electrons. The molecule has 0 spiro atoms. The van der Waals surface area contributed by atoms with E-state index in [-0.39, 0.29) is 17.9 Å². The third-order valence-corrected chi connectivity index (χ3v) is 5.42. The molecule has 1 aliphatic heterocycles. The molecule has 2 aromatic rings. The van der Waals surface area contributed by atoms with E-state index in [1.165, 1.54) is 24.1 Å². The van der Waals surface area contributed by atoms with Crippen molar-refractivity contribution in [2.45, 2.75) is 57.9 Å². The fraction of sp³-hybridized carbons (Fsp3) is 0.632. The summed E-state index contributed by atoms with van der Waals surface area (Å²) in [5.41, 5.74) is 4.54. The van der Waals surface area contributed by atoms with Crippen molar-refractivity contribution in [3.8, 4) is 0 Å². The second kappa shape index (κ2) is 7.61. The van der Waals surface area contributed by atoms with E-state index >= 15 is 0 Å². The molecule has 1 saturated heterocycles. The van der Waals surface area contributed by atoms with Crippen molar-refractivity contribution in [1.82, 2.24) is 20.7 Å². The number of amides is 1. The van der Waals surface area contributed by atoms with Crippen molar-refractivity contribution in [2.75, 3.05) is 13.2 Å². The van der Waals surface area contributed by atoms with Crippen molar-refractivity contribution in [3.63, 3.8) is 0 Å². The highest BCUT2D eigenvalue weighted by molar-refractivity contribution is 5.76. The van der Waals surface area contributed by atoms with E-state index in [0.717, 1.165) is 36.4 Å². The lowest BCUT2D eigenvalue weighted by Gasteiger charge is -2.18. The number of nitrogens with one attached hydrogen (secondary N) is 2. The molecular weight excluding hydrogens is 332 g/mol. The molecule has 1 fully saturated rings. The van der Waals surface area contributed by atoms with E-state index < -0.39 is 0 Å². The van der Waals surface area contributed by atoms with Gasteiger partial charge in [0.15, 0.2) is 0 Å². The van der Waals surface area contributed by atoms with Gasteiger partial charge in [-0.25, -0.2) is 0 Å². The van der Waals surface area contributed by atoms with Crippen LogP contribution in [0.4, 0.5) is 0 Å². The van der Waals surface area contributed by atoms with Gasteiger partial charge in [0.2, 0.25) is 5.91 Å². The fourth-order valence-electron chi connectivity index (χ4n) is 4.00. The summed E-state index contributed by atoms with van der Waals surface area (Å²) in [5, 5.41) is 14.6. The Morgan fingerprint density at radius 3 is 3.08 bits per heavy atom. The summed E-state index contributed by atoms with van der Waals surface area (Å²) in [6.45, 7) is 3.10. The van der Waals surface area contributed by atoms with Crippen molar-refractivity contribution < 1.29 is 14.1 Å². The first-order valence-electron chi connectivity index (χ1n) is 9.53. The predicted molar refractivity (Wildman–Crippen MR) is 94.7 cm³/mol. The topological polar surface area (TPSA) is 93.0 Å². The van der Waals surface area contributed by atoms with Gasteiger partial charge in [-0.3, -0.25) is 9.89 Å². The SMILES string of the molecule is Cc1cc(C[C@@H]2COC[C@@H]2NC(=O)CCc2n[nH]c3c2CCCC3)on1. The van der Waals surface area contributed by atoms with Gasteiger partial charge in [0.1, 0.15) is 5.76 Å². The molecule has 2 aromatic heterocycles. The maximum atomic E-state index is 12.4. The normalized spacial score (nSPS) is 22.3. The third kappa shape index (κ3) is 3.82. The Balaban J connectivity index is 1.29. The molecule has 7 heteroatoms. The van der Waals surface area contributed by atoms with Crippen LogP contribution in [0.15, 0.2) is 10.6 Å². The zero-order valence-electron chi connectivity index (χ0n) is 15.2. The van der Waals surface area contributed by atoms with E-state index in [0.29, 0.717) is 26.1 Å². The number of aromatic nitrogens is 3. The number of aryl methyl sites for hydroxylation is 3. The standard InChI is InChI=1S/C19H26N4O3/c1-12-8-14(26-23-12)9-13-10-25-11-18(13)20-19(24)7-6-17-15-4-2-3-5-16(15)21-22-17/h8,13,18H,2-7,9-11H2,1H3,(H,20,24)(H,21,22)/t13-,18+/m1/s1. The van der Waals surface area contributed by atoms with Gasteiger partial charge < -0.3 is 14.6 Å². The summed E-state index contributed by atoms with van der Waals surface area (Å²) in [7, 11) is 0. The van der Waals surface area contributed by atoms with E-state index in [4.69, 9.17) is 9.26 Å². The van der Waals surface area contributed by atoms with Crippen LogP contribution in [0.25, 0.3) is 0 Å². The summed E-state index contributed by atoms with van der Waals surface area (Å²) in [6.07, 6.45) is 6.49. The second-order valence-electron chi connectivity index (χ2n) is 7.44. The van der Waals surface area contributed by atoms with Crippen LogP contribution in [0.2, 0.25) is 0 Å². The van der Waals surface area contributed by atoms with E-state index in [2.05, 4.69) is 20.7 Å². The van der Waals surface area contributed by atoms with Crippen LogP contribution in [0.1, 0.15) is 47.7 Å². The number of carbonyl (C=O) groups is 1. The highest BCUT2D eigenvalue weighted by Gasteiger charge is 2.30. The maximum absolute atomic E-state index is 12.4. The molecule has 26 heavy (non-hydrogen) atoms. The van der Waals surface area contributed by atoms with Gasteiger partial charge in [0, 0.05) is 36.9 Å². The molecule has 3 heterocycles. The Kier molecular flexibility index (Phi) is 5.06. The van der Waals surface area contributed by atoms with E-state index in [1.807, 2.05) is 13.0 Å². The number of hydrogen-bond donors (Lipinski definition) is 2. The lowest BCUT2D eigenvalue weighted by Crippen LogP contribution is -2.40. The van der Waals surface area contributed by atoms with E-state index in [1.54, 1.807) is 0 Å². The first-order valence-corrected chi connectivity index (χ1v) is 9.53. The molecule has 0 unspecified atom stereocenters. The lowest BCUT2D eigenvalue weighted by molar-refractivity contribution is -0.122. The van der Waals surface area contributed by atoms with Crippen LogP contribution in [0.5, 0.6) is 0 Å². The van der Waals surface area contributed by atoms with Gasteiger partial charge in [-0.05, 0) is 38.2 Å². The van der Waals surface area contributed by atoms with Gasteiger partial charge in [0.05, 0.1) is 30.6 Å². The number of nitrogens with zero attached hydrogens (tertiary/aromatic N) is 2. The molecule has 2 N–H and O–H groups in total. The predicted octanol–water partition coefficient (Wildman–Crippen LogP) is 1.89. The van der Waals surface area contributed by atoms with Crippen LogP contribution < -0.4 is 5.32 Å². The molecule has 7 nitrogen and oxygen atoms in total. The molecule has 4 rings (SSSR count). The van der Waals surface area contributed by atoms with Gasteiger partial charge >= 0.3 is 0 Å². The van der Waals surface area contributed by atoms with Gasteiger partial charge in [-0.15, -0.1) is 0 Å². The Morgan fingerprint density at radius 2 is 2.23 bits per heavy atom. The molecule has 2 atom stereocenters. The maximum Gasteiger partial charge on any atom is 0.220 e. The summed E-state index contributed by atoms with van der Waals surface area (Å²) >= 11 is 0. The van der Waals surface area contributed by atoms with Crippen LogP contribution in [0, 0.1) is 12.8 Å². The molecule has 0 radical (unpaired) electrons. The number of H-pyrrole nitrogens is 1. The minimum absolute atomic E-state index is 0.0287. The number of ether oxygens (including phenoxy) is 1. The summed E-state index contributed by atoms with van der Waals surface area (Å²) in [5.74, 6) is 1.14. The molecular formula is C19H26N4O3. The number of hydrogen-bond acceptors (Lipinski definition) is 5. The van der Waals surface area contributed by atoms with Crippen LogP contribution in [-0.2, 0) is 35.2 Å². The lowest BCUT2D eigenvalue weighted by atomic mass is 9.94. The highest BCUT2D eigenvalue weighted by Crippen LogP contribution is 2.23. The van der Waals surface area contributed by atoms with Crippen LogP contribution in [-0.4, -0.2) is 40.5 Å². The molecule has 0 saturated carbocycles. The van der Waals surface area contributed by atoms with Crippen molar-refractivity contribution >= 4 is 5.91 Å². The number of carbonyl (C=O) groups excluding carboxylic acids is 1. The average molecular weight is 358 g/mol. The molecule has 1 amide bonds. The Bertz CT molecular complexity index is 767. The van der Waals surface area contributed by atoms with Crippen molar-refractivity contribution in [1.29, 1.82) is 0 Å². The smallest absolute Gasteiger partial charge is 0.220 e. The molecule has 2 aliphatic rings. The number of rotatable bonds is 6. The Hall–Kier alpha value is -2.15. The van der Waals surface area contributed by atoms with Crippen LogP contribution in [0.3, 0.4) is 0 Å². The fourth-order valence-corrected chi connectivity index (χ4v) is 4.00. The summed E-state index contributed by atoms with van der Waals surface area (Å²) in [4.78, 5) is 12.4. The Labute approximate surface area is 152 Å². The van der Waals surface area contributed by atoms with E-state index in [9.17, 15) is 4.79 Å². The highest BCUT2D eigenvalue weighted by atomic mass is 16.5.